The summed E-state index contributed by atoms with van der Waals surface area (Å²) in [5.74, 6) is 1.35. The molecule has 2 heterocycles. The van der Waals surface area contributed by atoms with E-state index in [1.165, 1.54) is 5.56 Å². The predicted molar refractivity (Wildman–Crippen MR) is 95.1 cm³/mol. The third-order valence-electron chi connectivity index (χ3n) is 5.03. The van der Waals surface area contributed by atoms with E-state index in [4.69, 9.17) is 14.3 Å². The Hall–Kier alpha value is -2.27. The third-order valence-corrected chi connectivity index (χ3v) is 5.03. The minimum absolute atomic E-state index is 0.0264. The highest BCUT2D eigenvalue weighted by Crippen LogP contribution is 2.27. The van der Waals surface area contributed by atoms with Crippen LogP contribution in [-0.2, 0) is 13.0 Å². The van der Waals surface area contributed by atoms with Gasteiger partial charge >= 0.3 is 5.97 Å². The van der Waals surface area contributed by atoms with Crippen LogP contribution in [0.1, 0.15) is 40.3 Å². The van der Waals surface area contributed by atoms with Gasteiger partial charge in [-0.1, -0.05) is 18.2 Å². The van der Waals surface area contributed by atoms with Crippen molar-refractivity contribution in [2.24, 2.45) is 5.92 Å². The van der Waals surface area contributed by atoms with Gasteiger partial charge in [0.05, 0.1) is 7.11 Å². The number of ether oxygens (including phenoxy) is 1. The average molecular weight is 343 g/mol. The number of aromatic carboxylic acids is 1. The summed E-state index contributed by atoms with van der Waals surface area (Å²) < 4.78 is 10.8. The summed E-state index contributed by atoms with van der Waals surface area (Å²) in [4.78, 5) is 13.4. The molecule has 25 heavy (non-hydrogen) atoms. The van der Waals surface area contributed by atoms with Gasteiger partial charge in [0.1, 0.15) is 11.5 Å². The maximum Gasteiger partial charge on any atom is 0.371 e. The number of methoxy groups -OCH3 is 1. The fraction of sp³-hybridized carbons (Fsp3) is 0.450. The molecule has 0 bridgehead atoms. The highest BCUT2D eigenvalue weighted by Gasteiger charge is 2.22. The minimum atomic E-state index is -1.01. The van der Waals surface area contributed by atoms with Crippen molar-refractivity contribution >= 4 is 5.97 Å². The normalized spacial score (nSPS) is 16.1. The summed E-state index contributed by atoms with van der Waals surface area (Å²) in [6, 6.07) is 9.89. The van der Waals surface area contributed by atoms with Crippen molar-refractivity contribution in [2.75, 3.05) is 20.2 Å². The first-order valence-electron chi connectivity index (χ1n) is 8.73. The first kappa shape index (κ1) is 17.5. The van der Waals surface area contributed by atoms with E-state index in [-0.39, 0.29) is 5.76 Å². The molecule has 0 unspecified atom stereocenters. The molecular formula is C20H25NO4. The van der Waals surface area contributed by atoms with E-state index in [9.17, 15) is 4.79 Å². The average Bonchev–Trinajstić information content (AvgIpc) is 2.98. The van der Waals surface area contributed by atoms with Gasteiger partial charge in [0.15, 0.2) is 0 Å². The largest absolute Gasteiger partial charge is 0.496 e. The second kappa shape index (κ2) is 7.74. The number of likely N-dealkylation sites (tertiary alicyclic amines) is 1. The van der Waals surface area contributed by atoms with Crippen LogP contribution in [0.15, 0.2) is 34.7 Å². The summed E-state index contributed by atoms with van der Waals surface area (Å²) in [7, 11) is 1.72. The van der Waals surface area contributed by atoms with Gasteiger partial charge in [-0.3, -0.25) is 4.90 Å². The molecule has 1 aliphatic rings. The first-order valence-corrected chi connectivity index (χ1v) is 8.73. The molecule has 0 amide bonds. The maximum absolute atomic E-state index is 11.0. The van der Waals surface area contributed by atoms with Crippen molar-refractivity contribution in [3.8, 4) is 5.75 Å². The molecule has 134 valence electrons. The maximum atomic E-state index is 11.0. The lowest BCUT2D eigenvalue weighted by molar-refractivity contribution is 0.0661. The van der Waals surface area contributed by atoms with Crippen LogP contribution in [-0.4, -0.2) is 36.2 Å². The SMILES string of the molecule is COc1ccccc1CC1CCN(Cc2cc(C(=O)O)oc2C)CC1. The Balaban J connectivity index is 1.54. The number of piperidine rings is 1. The highest BCUT2D eigenvalue weighted by atomic mass is 16.5. The number of carboxylic acids is 1. The van der Waals surface area contributed by atoms with Crippen LogP contribution in [0.3, 0.4) is 0 Å². The van der Waals surface area contributed by atoms with E-state index in [0.717, 1.165) is 50.2 Å². The minimum Gasteiger partial charge on any atom is -0.496 e. The van der Waals surface area contributed by atoms with Crippen LogP contribution in [0, 0.1) is 12.8 Å². The number of hydrogen-bond donors (Lipinski definition) is 1. The molecule has 0 radical (unpaired) electrons. The molecule has 0 spiro atoms. The van der Waals surface area contributed by atoms with Crippen LogP contribution < -0.4 is 4.74 Å². The van der Waals surface area contributed by atoms with E-state index in [2.05, 4.69) is 17.0 Å². The molecule has 1 aromatic carbocycles. The topological polar surface area (TPSA) is 62.9 Å². The molecule has 0 aliphatic carbocycles. The molecule has 5 heteroatoms. The number of benzene rings is 1. The lowest BCUT2D eigenvalue weighted by atomic mass is 9.89. The summed E-state index contributed by atoms with van der Waals surface area (Å²) in [5.41, 5.74) is 2.25. The van der Waals surface area contributed by atoms with Crippen molar-refractivity contribution in [1.82, 2.24) is 4.90 Å². The number of nitrogens with zero attached hydrogens (tertiary/aromatic N) is 1. The number of carbonyl (C=O) groups is 1. The fourth-order valence-corrected chi connectivity index (χ4v) is 3.55. The fourth-order valence-electron chi connectivity index (χ4n) is 3.55. The van der Waals surface area contributed by atoms with Crippen LogP contribution in [0.25, 0.3) is 0 Å². The van der Waals surface area contributed by atoms with Crippen molar-refractivity contribution in [2.45, 2.75) is 32.7 Å². The van der Waals surface area contributed by atoms with Crippen LogP contribution in [0.4, 0.5) is 0 Å². The van der Waals surface area contributed by atoms with Gasteiger partial charge in [0.2, 0.25) is 5.76 Å². The van der Waals surface area contributed by atoms with E-state index < -0.39 is 5.97 Å². The van der Waals surface area contributed by atoms with Gasteiger partial charge in [-0.2, -0.15) is 0 Å². The molecule has 0 saturated carbocycles. The molecule has 3 rings (SSSR count). The summed E-state index contributed by atoms with van der Waals surface area (Å²) >= 11 is 0. The Morgan fingerprint density at radius 1 is 1.28 bits per heavy atom. The summed E-state index contributed by atoms with van der Waals surface area (Å²) in [6.07, 6.45) is 3.33. The summed E-state index contributed by atoms with van der Waals surface area (Å²) in [5, 5.41) is 9.03. The van der Waals surface area contributed by atoms with Crippen molar-refractivity contribution in [3.63, 3.8) is 0 Å². The molecule has 1 aliphatic heterocycles. The third kappa shape index (κ3) is 4.23. The smallest absolute Gasteiger partial charge is 0.371 e. The number of rotatable bonds is 6. The van der Waals surface area contributed by atoms with E-state index >= 15 is 0 Å². The zero-order chi connectivity index (χ0) is 17.8. The van der Waals surface area contributed by atoms with Gasteiger partial charge in [-0.15, -0.1) is 0 Å². The molecule has 0 atom stereocenters. The molecule has 1 N–H and O–H groups in total. The number of furan rings is 1. The second-order valence-electron chi connectivity index (χ2n) is 6.73. The van der Waals surface area contributed by atoms with Crippen molar-refractivity contribution in [3.05, 3.63) is 53.0 Å². The quantitative estimate of drug-likeness (QED) is 0.865. The highest BCUT2D eigenvalue weighted by molar-refractivity contribution is 5.84. The number of carboxylic acid groups (broad SMARTS) is 1. The zero-order valence-corrected chi connectivity index (χ0v) is 14.8. The first-order chi connectivity index (χ1) is 12.1. The Bertz CT molecular complexity index is 729. The second-order valence-corrected chi connectivity index (χ2v) is 6.73. The van der Waals surface area contributed by atoms with Gasteiger partial charge in [-0.05, 0) is 62.9 Å². The Labute approximate surface area is 148 Å². The van der Waals surface area contributed by atoms with E-state index in [1.807, 2.05) is 19.1 Å². The Kier molecular flexibility index (Phi) is 5.43. The lowest BCUT2D eigenvalue weighted by Gasteiger charge is -2.32. The molecule has 1 saturated heterocycles. The number of para-hydroxylation sites is 1. The lowest BCUT2D eigenvalue weighted by Crippen LogP contribution is -2.34. The Morgan fingerprint density at radius 3 is 2.64 bits per heavy atom. The van der Waals surface area contributed by atoms with E-state index in [0.29, 0.717) is 11.7 Å². The van der Waals surface area contributed by atoms with Gasteiger partial charge in [-0.25, -0.2) is 4.79 Å². The Morgan fingerprint density at radius 2 is 2.00 bits per heavy atom. The van der Waals surface area contributed by atoms with Crippen molar-refractivity contribution in [1.29, 1.82) is 0 Å². The van der Waals surface area contributed by atoms with Crippen LogP contribution in [0.2, 0.25) is 0 Å². The summed E-state index contributed by atoms with van der Waals surface area (Å²) in [6.45, 7) is 4.62. The van der Waals surface area contributed by atoms with Gasteiger partial charge in [0.25, 0.3) is 0 Å². The molecular weight excluding hydrogens is 318 g/mol. The molecule has 2 aromatic rings. The molecule has 1 fully saturated rings. The standard InChI is InChI=1S/C20H25NO4/c1-14-17(12-19(25-14)20(22)23)13-21-9-7-15(8-10-21)11-16-5-3-4-6-18(16)24-2/h3-6,12,15H,7-11,13H2,1-2H3,(H,22,23). The zero-order valence-electron chi connectivity index (χ0n) is 14.8. The van der Waals surface area contributed by atoms with Gasteiger partial charge in [0, 0.05) is 12.1 Å². The molecule has 5 nitrogen and oxygen atoms in total. The predicted octanol–water partition coefficient (Wildman–Crippen LogP) is 3.75. The van der Waals surface area contributed by atoms with Crippen LogP contribution in [0.5, 0.6) is 5.75 Å². The van der Waals surface area contributed by atoms with Crippen molar-refractivity contribution < 1.29 is 19.1 Å². The number of hydrogen-bond acceptors (Lipinski definition) is 4. The monoisotopic (exact) mass is 343 g/mol. The molecule has 1 aromatic heterocycles. The van der Waals surface area contributed by atoms with Gasteiger partial charge < -0.3 is 14.3 Å². The number of aryl methyl sites for hydroxylation is 1. The van der Waals surface area contributed by atoms with Crippen LogP contribution >= 0.6 is 0 Å². The van der Waals surface area contributed by atoms with E-state index in [1.54, 1.807) is 13.2 Å².